The molecule has 1 unspecified atom stereocenters. The molecule has 1 N–H and O–H groups in total. The molecule has 0 amide bonds. The average molecular weight is 284 g/mol. The molecule has 1 atom stereocenters. The van der Waals surface area contributed by atoms with Gasteiger partial charge in [0.25, 0.3) is 0 Å². The van der Waals surface area contributed by atoms with E-state index in [2.05, 4.69) is 10.4 Å². The number of esters is 1. The molecule has 0 radical (unpaired) electrons. The van der Waals surface area contributed by atoms with Gasteiger partial charge >= 0.3 is 5.97 Å². The smallest absolute Gasteiger partial charge is 0.328 e. The van der Waals surface area contributed by atoms with Gasteiger partial charge in [-0.2, -0.15) is 5.10 Å². The van der Waals surface area contributed by atoms with Crippen LogP contribution in [-0.2, 0) is 16.1 Å². The summed E-state index contributed by atoms with van der Waals surface area (Å²) >= 11 is 5.90. The molecular weight excluding hydrogens is 266 g/mol. The number of nitrogens with zero attached hydrogens (tertiary/aromatic N) is 2. The summed E-state index contributed by atoms with van der Waals surface area (Å²) in [5.74, 6) is 0.150. The molecule has 2 aliphatic carbocycles. The Labute approximate surface area is 117 Å². The maximum absolute atomic E-state index is 12.3. The van der Waals surface area contributed by atoms with Crippen LogP contribution in [0.5, 0.6) is 0 Å². The van der Waals surface area contributed by atoms with Crippen LogP contribution in [0.4, 0.5) is 0 Å². The Balaban J connectivity index is 1.86. The molecule has 0 aromatic carbocycles. The third kappa shape index (κ3) is 2.62. The lowest BCUT2D eigenvalue weighted by Crippen LogP contribution is -2.58. The van der Waals surface area contributed by atoms with Crippen LogP contribution >= 0.6 is 11.6 Å². The second-order valence-electron chi connectivity index (χ2n) is 5.51. The number of rotatable bonds is 6. The first-order chi connectivity index (χ1) is 9.14. The zero-order chi connectivity index (χ0) is 13.5. The van der Waals surface area contributed by atoms with Gasteiger partial charge in [-0.3, -0.25) is 10.00 Å². The Morgan fingerprint density at radius 2 is 2.32 bits per heavy atom. The Bertz CT molecular complexity index is 482. The van der Waals surface area contributed by atoms with E-state index in [1.807, 2.05) is 0 Å². The topological polar surface area (TPSA) is 56.2 Å². The van der Waals surface area contributed by atoms with Crippen LogP contribution in [0.2, 0.25) is 5.02 Å². The second kappa shape index (κ2) is 4.80. The molecule has 6 heteroatoms. The fraction of sp³-hybridized carbons (Fsp3) is 0.692. The van der Waals surface area contributed by atoms with Crippen LogP contribution in [0.25, 0.3) is 0 Å². The van der Waals surface area contributed by atoms with Crippen molar-refractivity contribution in [3.8, 4) is 0 Å². The lowest BCUT2D eigenvalue weighted by Gasteiger charge is -2.32. The fourth-order valence-electron chi connectivity index (χ4n) is 2.61. The normalized spacial score (nSPS) is 22.0. The predicted octanol–water partition coefficient (Wildman–Crippen LogP) is 1.61. The van der Waals surface area contributed by atoms with E-state index in [4.69, 9.17) is 16.3 Å². The molecule has 104 valence electrons. The molecule has 0 spiro atoms. The quantitative estimate of drug-likeness (QED) is 0.806. The standard InChI is InChI=1S/C13H18ClN3O2/c1-19-12(18)13(9-2-3-9,16-11-4-5-11)8-17-7-10(14)6-15-17/h6-7,9,11,16H,2-5,8H2,1H3. The number of carbonyl (C=O) groups excluding carboxylic acids is 1. The van der Waals surface area contributed by atoms with Gasteiger partial charge in [-0.05, 0) is 31.6 Å². The van der Waals surface area contributed by atoms with Crippen molar-refractivity contribution >= 4 is 17.6 Å². The molecule has 1 heterocycles. The molecule has 2 saturated carbocycles. The summed E-state index contributed by atoms with van der Waals surface area (Å²) in [7, 11) is 1.45. The van der Waals surface area contributed by atoms with E-state index < -0.39 is 5.54 Å². The van der Waals surface area contributed by atoms with Gasteiger partial charge in [0.15, 0.2) is 0 Å². The maximum atomic E-state index is 12.3. The van der Waals surface area contributed by atoms with Crippen molar-refractivity contribution in [1.29, 1.82) is 0 Å². The van der Waals surface area contributed by atoms with Gasteiger partial charge < -0.3 is 4.74 Å². The minimum atomic E-state index is -0.648. The minimum absolute atomic E-state index is 0.187. The summed E-state index contributed by atoms with van der Waals surface area (Å²) in [5, 5.41) is 8.27. The van der Waals surface area contributed by atoms with E-state index in [0.717, 1.165) is 25.7 Å². The summed E-state index contributed by atoms with van der Waals surface area (Å²) in [5.41, 5.74) is -0.648. The summed E-state index contributed by atoms with van der Waals surface area (Å²) in [6.45, 7) is 0.480. The second-order valence-corrected chi connectivity index (χ2v) is 5.95. The molecule has 1 aromatic rings. The highest BCUT2D eigenvalue weighted by Gasteiger charge is 2.54. The average Bonchev–Trinajstić information content (AvgIpc) is 3.28. The van der Waals surface area contributed by atoms with Crippen LogP contribution in [0, 0.1) is 5.92 Å². The van der Waals surface area contributed by atoms with E-state index in [9.17, 15) is 4.79 Å². The molecule has 5 nitrogen and oxygen atoms in total. The number of carbonyl (C=O) groups is 1. The van der Waals surface area contributed by atoms with E-state index in [1.54, 1.807) is 17.1 Å². The summed E-state index contributed by atoms with van der Waals surface area (Å²) in [4.78, 5) is 12.3. The molecule has 19 heavy (non-hydrogen) atoms. The molecule has 0 aliphatic heterocycles. The van der Waals surface area contributed by atoms with Crippen molar-refractivity contribution in [3.05, 3.63) is 17.4 Å². The van der Waals surface area contributed by atoms with Gasteiger partial charge in [0.1, 0.15) is 5.54 Å². The molecule has 3 rings (SSSR count). The van der Waals surface area contributed by atoms with Crippen LogP contribution < -0.4 is 5.32 Å². The van der Waals surface area contributed by atoms with Crippen molar-refractivity contribution in [3.63, 3.8) is 0 Å². The van der Waals surface area contributed by atoms with Crippen molar-refractivity contribution < 1.29 is 9.53 Å². The molecule has 0 bridgehead atoms. The van der Waals surface area contributed by atoms with Gasteiger partial charge in [-0.15, -0.1) is 0 Å². The first-order valence-corrected chi connectivity index (χ1v) is 7.06. The number of hydrogen-bond donors (Lipinski definition) is 1. The zero-order valence-electron chi connectivity index (χ0n) is 10.9. The highest BCUT2D eigenvalue weighted by Crippen LogP contribution is 2.43. The van der Waals surface area contributed by atoms with Crippen LogP contribution in [0.1, 0.15) is 25.7 Å². The lowest BCUT2D eigenvalue weighted by atomic mass is 9.92. The highest BCUT2D eigenvalue weighted by atomic mass is 35.5. The summed E-state index contributed by atoms with van der Waals surface area (Å²) in [6, 6.07) is 0.436. The van der Waals surface area contributed by atoms with Crippen LogP contribution in [-0.4, -0.2) is 34.4 Å². The Hall–Kier alpha value is -1.07. The molecule has 2 aliphatic rings. The number of nitrogens with one attached hydrogen (secondary N) is 1. The third-order valence-corrected chi connectivity index (χ3v) is 4.07. The number of ether oxygens (including phenoxy) is 1. The molecule has 2 fully saturated rings. The lowest BCUT2D eigenvalue weighted by molar-refractivity contribution is -0.150. The predicted molar refractivity (Wildman–Crippen MR) is 70.9 cm³/mol. The molecule has 1 aromatic heterocycles. The van der Waals surface area contributed by atoms with Gasteiger partial charge in [0.2, 0.25) is 0 Å². The third-order valence-electron chi connectivity index (χ3n) is 3.88. The van der Waals surface area contributed by atoms with Crippen molar-refractivity contribution in [2.75, 3.05) is 7.11 Å². The van der Waals surface area contributed by atoms with Gasteiger partial charge in [-0.1, -0.05) is 11.6 Å². The fourth-order valence-corrected chi connectivity index (χ4v) is 2.77. The first kappa shape index (κ1) is 12.9. The largest absolute Gasteiger partial charge is 0.468 e. The molecular formula is C13H18ClN3O2. The number of methoxy groups -OCH3 is 1. The van der Waals surface area contributed by atoms with E-state index >= 15 is 0 Å². The van der Waals surface area contributed by atoms with E-state index in [0.29, 0.717) is 23.5 Å². The zero-order valence-corrected chi connectivity index (χ0v) is 11.7. The van der Waals surface area contributed by atoms with Crippen LogP contribution in [0.15, 0.2) is 12.4 Å². The van der Waals surface area contributed by atoms with E-state index in [1.165, 1.54) is 7.11 Å². The minimum Gasteiger partial charge on any atom is -0.468 e. The van der Waals surface area contributed by atoms with Gasteiger partial charge in [0.05, 0.1) is 24.9 Å². The van der Waals surface area contributed by atoms with Gasteiger partial charge in [0, 0.05) is 12.2 Å². The number of hydrogen-bond acceptors (Lipinski definition) is 4. The Morgan fingerprint density at radius 1 is 1.58 bits per heavy atom. The summed E-state index contributed by atoms with van der Waals surface area (Å²) in [6.07, 6.45) is 7.72. The SMILES string of the molecule is COC(=O)C(Cn1cc(Cl)cn1)(NC1CC1)C1CC1. The highest BCUT2D eigenvalue weighted by molar-refractivity contribution is 6.30. The van der Waals surface area contributed by atoms with Crippen molar-refractivity contribution in [2.45, 2.75) is 43.8 Å². The monoisotopic (exact) mass is 283 g/mol. The van der Waals surface area contributed by atoms with Crippen LogP contribution in [0.3, 0.4) is 0 Å². The summed E-state index contributed by atoms with van der Waals surface area (Å²) < 4.78 is 6.78. The Kier molecular flexibility index (Phi) is 3.27. The van der Waals surface area contributed by atoms with Crippen molar-refractivity contribution in [1.82, 2.24) is 15.1 Å². The van der Waals surface area contributed by atoms with Crippen molar-refractivity contribution in [2.24, 2.45) is 5.92 Å². The maximum Gasteiger partial charge on any atom is 0.328 e. The van der Waals surface area contributed by atoms with Gasteiger partial charge in [-0.25, -0.2) is 4.79 Å². The Morgan fingerprint density at radius 3 is 2.79 bits per heavy atom. The van der Waals surface area contributed by atoms with E-state index in [-0.39, 0.29) is 5.97 Å². The molecule has 0 saturated heterocycles. The number of aromatic nitrogens is 2. The first-order valence-electron chi connectivity index (χ1n) is 6.68. The number of halogens is 1.